The first-order chi connectivity index (χ1) is 7.38. The minimum atomic E-state index is 0.361. The fourth-order valence-corrected chi connectivity index (χ4v) is 2.86. The molecule has 1 fully saturated rings. The number of aromatic nitrogens is 1. The zero-order chi connectivity index (χ0) is 10.1. The molecule has 2 N–H and O–H groups in total. The van der Waals surface area contributed by atoms with Gasteiger partial charge in [-0.2, -0.15) is 0 Å². The van der Waals surface area contributed by atoms with E-state index in [9.17, 15) is 0 Å². The number of pyridine rings is 1. The highest BCUT2D eigenvalue weighted by molar-refractivity contribution is 5.69. The third-order valence-corrected chi connectivity index (χ3v) is 3.70. The van der Waals surface area contributed by atoms with Gasteiger partial charge in [-0.3, -0.25) is 4.98 Å². The highest BCUT2D eigenvalue weighted by Gasteiger charge is 2.34. The largest absolute Gasteiger partial charge is 0.382 e. The van der Waals surface area contributed by atoms with E-state index in [1.807, 2.05) is 12.4 Å². The summed E-state index contributed by atoms with van der Waals surface area (Å²) in [6.45, 7) is 1.06. The highest BCUT2D eigenvalue weighted by atomic mass is 15.1. The van der Waals surface area contributed by atoms with Gasteiger partial charge >= 0.3 is 0 Å². The first kappa shape index (κ1) is 9.01. The summed E-state index contributed by atoms with van der Waals surface area (Å²) in [5.41, 5.74) is 2.74. The number of rotatable bonds is 0. The third-order valence-electron chi connectivity index (χ3n) is 3.70. The molecule has 1 aromatic heterocycles. The second kappa shape index (κ2) is 3.40. The van der Waals surface area contributed by atoms with Crippen LogP contribution < -0.4 is 10.6 Å². The Morgan fingerprint density at radius 1 is 1.13 bits per heavy atom. The number of nitrogens with zero attached hydrogens (tertiary/aromatic N) is 1. The first-order valence-electron chi connectivity index (χ1n) is 5.84. The quantitative estimate of drug-likeness (QED) is 0.680. The van der Waals surface area contributed by atoms with E-state index < -0.39 is 0 Å². The Bertz CT molecular complexity index is 356. The zero-order valence-corrected chi connectivity index (χ0v) is 8.92. The highest BCUT2D eigenvalue weighted by Crippen LogP contribution is 2.39. The maximum absolute atomic E-state index is 4.15. The summed E-state index contributed by atoms with van der Waals surface area (Å²) < 4.78 is 0. The summed E-state index contributed by atoms with van der Waals surface area (Å²) in [5, 5.41) is 7.18. The van der Waals surface area contributed by atoms with Gasteiger partial charge in [0.1, 0.15) is 0 Å². The van der Waals surface area contributed by atoms with E-state index in [4.69, 9.17) is 0 Å². The van der Waals surface area contributed by atoms with Crippen molar-refractivity contribution in [1.29, 1.82) is 0 Å². The standard InChI is InChI=1S/C12H17N3/c1-2-5-12(4-1)6-8-14-11-9-13-7-3-10(11)15-12/h3,7,9,14-15H,1-2,4-6,8H2. The van der Waals surface area contributed by atoms with Gasteiger partial charge in [-0.1, -0.05) is 12.8 Å². The van der Waals surface area contributed by atoms with Crippen molar-refractivity contribution in [2.24, 2.45) is 0 Å². The lowest BCUT2D eigenvalue weighted by Gasteiger charge is -2.29. The molecule has 1 saturated carbocycles. The molecule has 0 atom stereocenters. The van der Waals surface area contributed by atoms with E-state index in [-0.39, 0.29) is 0 Å². The molecular weight excluding hydrogens is 186 g/mol. The summed E-state index contributed by atoms with van der Waals surface area (Å²) in [6, 6.07) is 2.08. The minimum absolute atomic E-state index is 0.361. The van der Waals surface area contributed by atoms with Crippen molar-refractivity contribution in [3.8, 4) is 0 Å². The number of nitrogens with one attached hydrogen (secondary N) is 2. The molecule has 1 spiro atoms. The molecule has 0 saturated heterocycles. The molecule has 3 rings (SSSR count). The molecule has 1 aliphatic carbocycles. The Balaban J connectivity index is 1.94. The first-order valence-corrected chi connectivity index (χ1v) is 5.84. The van der Waals surface area contributed by atoms with Crippen LogP contribution in [-0.2, 0) is 0 Å². The van der Waals surface area contributed by atoms with Crippen molar-refractivity contribution in [3.63, 3.8) is 0 Å². The molecule has 0 radical (unpaired) electrons. The Labute approximate surface area is 90.3 Å². The van der Waals surface area contributed by atoms with Gasteiger partial charge < -0.3 is 10.6 Å². The van der Waals surface area contributed by atoms with Gasteiger partial charge in [0.25, 0.3) is 0 Å². The smallest absolute Gasteiger partial charge is 0.0762 e. The Hall–Kier alpha value is -1.25. The fraction of sp³-hybridized carbons (Fsp3) is 0.583. The Morgan fingerprint density at radius 2 is 2.00 bits per heavy atom. The maximum atomic E-state index is 4.15. The van der Waals surface area contributed by atoms with Crippen LogP contribution in [0.2, 0.25) is 0 Å². The fourth-order valence-electron chi connectivity index (χ4n) is 2.86. The van der Waals surface area contributed by atoms with Crippen molar-refractivity contribution < 1.29 is 0 Å². The predicted octanol–water partition coefficient (Wildman–Crippen LogP) is 2.62. The van der Waals surface area contributed by atoms with Crippen LogP contribution in [0.5, 0.6) is 0 Å². The number of hydrogen-bond acceptors (Lipinski definition) is 3. The lowest BCUT2D eigenvalue weighted by molar-refractivity contribution is 0.461. The van der Waals surface area contributed by atoms with E-state index >= 15 is 0 Å². The molecular formula is C12H17N3. The van der Waals surface area contributed by atoms with E-state index in [2.05, 4.69) is 21.7 Å². The van der Waals surface area contributed by atoms with Gasteiger partial charge in [0, 0.05) is 18.3 Å². The van der Waals surface area contributed by atoms with Crippen LogP contribution in [0.25, 0.3) is 0 Å². The van der Waals surface area contributed by atoms with Crippen LogP contribution in [-0.4, -0.2) is 17.1 Å². The second-order valence-corrected chi connectivity index (χ2v) is 4.71. The second-order valence-electron chi connectivity index (χ2n) is 4.71. The van der Waals surface area contributed by atoms with Crippen molar-refractivity contribution >= 4 is 11.4 Å². The van der Waals surface area contributed by atoms with Gasteiger partial charge in [-0.25, -0.2) is 0 Å². The molecule has 0 amide bonds. The van der Waals surface area contributed by atoms with E-state index in [1.54, 1.807) is 0 Å². The molecule has 1 aromatic rings. The van der Waals surface area contributed by atoms with E-state index in [0.29, 0.717) is 5.54 Å². The van der Waals surface area contributed by atoms with Crippen molar-refractivity contribution in [1.82, 2.24) is 4.98 Å². The summed E-state index contributed by atoms with van der Waals surface area (Å²) >= 11 is 0. The maximum Gasteiger partial charge on any atom is 0.0762 e. The molecule has 2 heterocycles. The summed E-state index contributed by atoms with van der Waals surface area (Å²) in [4.78, 5) is 4.15. The average Bonchev–Trinajstić information content (AvgIpc) is 2.61. The Morgan fingerprint density at radius 3 is 2.87 bits per heavy atom. The zero-order valence-electron chi connectivity index (χ0n) is 8.92. The van der Waals surface area contributed by atoms with Gasteiger partial charge in [0.05, 0.1) is 17.6 Å². The molecule has 0 unspecified atom stereocenters. The Kier molecular flexibility index (Phi) is 2.04. The van der Waals surface area contributed by atoms with Crippen LogP contribution in [0.15, 0.2) is 18.5 Å². The number of anilines is 2. The molecule has 3 nitrogen and oxygen atoms in total. The third kappa shape index (κ3) is 1.56. The normalized spacial score (nSPS) is 22.7. The molecule has 3 heteroatoms. The van der Waals surface area contributed by atoms with Crippen molar-refractivity contribution in [2.45, 2.75) is 37.6 Å². The van der Waals surface area contributed by atoms with Crippen LogP contribution in [0.1, 0.15) is 32.1 Å². The molecule has 80 valence electrons. The lowest BCUT2D eigenvalue weighted by Crippen LogP contribution is -2.35. The molecule has 15 heavy (non-hydrogen) atoms. The van der Waals surface area contributed by atoms with Gasteiger partial charge in [-0.15, -0.1) is 0 Å². The van der Waals surface area contributed by atoms with E-state index in [1.165, 1.54) is 37.8 Å². The van der Waals surface area contributed by atoms with Crippen LogP contribution in [0.4, 0.5) is 11.4 Å². The van der Waals surface area contributed by atoms with Crippen LogP contribution in [0.3, 0.4) is 0 Å². The van der Waals surface area contributed by atoms with Crippen LogP contribution in [0, 0.1) is 0 Å². The predicted molar refractivity (Wildman–Crippen MR) is 62.2 cm³/mol. The average molecular weight is 203 g/mol. The topological polar surface area (TPSA) is 37.0 Å². The SMILES string of the molecule is c1cc2c(cn1)NCCC1(CCCC1)N2. The molecule has 2 aliphatic rings. The lowest BCUT2D eigenvalue weighted by atomic mass is 9.93. The van der Waals surface area contributed by atoms with E-state index in [0.717, 1.165) is 12.2 Å². The summed E-state index contributed by atoms with van der Waals surface area (Å²) in [5.74, 6) is 0. The number of hydrogen-bond donors (Lipinski definition) is 2. The van der Waals surface area contributed by atoms with Crippen molar-refractivity contribution in [3.05, 3.63) is 18.5 Å². The molecule has 0 bridgehead atoms. The molecule has 1 aliphatic heterocycles. The summed E-state index contributed by atoms with van der Waals surface area (Å²) in [6.07, 6.45) is 10.4. The monoisotopic (exact) mass is 203 g/mol. The van der Waals surface area contributed by atoms with Gasteiger partial charge in [-0.05, 0) is 25.3 Å². The van der Waals surface area contributed by atoms with Crippen molar-refractivity contribution in [2.75, 3.05) is 17.2 Å². The van der Waals surface area contributed by atoms with Gasteiger partial charge in [0.2, 0.25) is 0 Å². The molecule has 0 aromatic carbocycles. The number of fused-ring (bicyclic) bond motifs is 1. The van der Waals surface area contributed by atoms with Crippen LogP contribution >= 0.6 is 0 Å². The van der Waals surface area contributed by atoms with Gasteiger partial charge in [0.15, 0.2) is 0 Å². The minimum Gasteiger partial charge on any atom is -0.382 e. The summed E-state index contributed by atoms with van der Waals surface area (Å²) in [7, 11) is 0.